The third-order valence-electron chi connectivity index (χ3n) is 3.28. The number of aryl methyl sites for hydroxylation is 2. The van der Waals surface area contributed by atoms with Gasteiger partial charge in [0.25, 0.3) is 0 Å². The van der Waals surface area contributed by atoms with Gasteiger partial charge < -0.3 is 10.8 Å². The van der Waals surface area contributed by atoms with Crippen molar-refractivity contribution in [1.82, 2.24) is 0 Å². The monoisotopic (exact) mass is 241 g/mol. The lowest BCUT2D eigenvalue weighted by Gasteiger charge is -2.08. The molecule has 3 N–H and O–H groups in total. The lowest BCUT2D eigenvalue weighted by molar-refractivity contribution is 0.468. The Bertz CT molecular complexity index is 561. The Morgan fingerprint density at radius 3 is 2.33 bits per heavy atom. The van der Waals surface area contributed by atoms with Crippen LogP contribution in [0.25, 0.3) is 0 Å². The molecule has 2 rings (SSSR count). The largest absolute Gasteiger partial charge is 0.508 e. The Labute approximate surface area is 108 Å². The first-order valence-corrected chi connectivity index (χ1v) is 6.26. The smallest absolute Gasteiger partial charge is 0.119 e. The molecule has 0 unspecified atom stereocenters. The van der Waals surface area contributed by atoms with Gasteiger partial charge in [-0.15, -0.1) is 0 Å². The van der Waals surface area contributed by atoms with Gasteiger partial charge in [0.1, 0.15) is 5.75 Å². The van der Waals surface area contributed by atoms with Crippen molar-refractivity contribution in [3.05, 3.63) is 58.7 Å². The molecule has 0 aliphatic carbocycles. The van der Waals surface area contributed by atoms with E-state index >= 15 is 0 Å². The Kier molecular flexibility index (Phi) is 3.56. The van der Waals surface area contributed by atoms with Crippen LogP contribution in [0.4, 0.5) is 5.69 Å². The van der Waals surface area contributed by atoms with E-state index in [4.69, 9.17) is 5.73 Å². The second-order valence-corrected chi connectivity index (χ2v) is 4.68. The summed E-state index contributed by atoms with van der Waals surface area (Å²) in [4.78, 5) is 0. The average Bonchev–Trinajstić information content (AvgIpc) is 2.34. The van der Waals surface area contributed by atoms with Crippen LogP contribution < -0.4 is 5.73 Å². The second-order valence-electron chi connectivity index (χ2n) is 4.68. The highest BCUT2D eigenvalue weighted by Gasteiger charge is 2.03. The molecule has 0 spiro atoms. The van der Waals surface area contributed by atoms with Crippen LogP contribution in [0.5, 0.6) is 5.75 Å². The minimum atomic E-state index is 0.384. The van der Waals surface area contributed by atoms with Crippen molar-refractivity contribution in [3.8, 4) is 5.75 Å². The van der Waals surface area contributed by atoms with E-state index in [9.17, 15) is 5.11 Å². The maximum atomic E-state index is 9.84. The van der Waals surface area contributed by atoms with Gasteiger partial charge in [0, 0.05) is 5.69 Å². The molecule has 2 heteroatoms. The normalized spacial score (nSPS) is 10.6. The zero-order valence-corrected chi connectivity index (χ0v) is 10.9. The molecule has 2 aromatic carbocycles. The summed E-state index contributed by atoms with van der Waals surface area (Å²) in [5, 5.41) is 9.84. The summed E-state index contributed by atoms with van der Waals surface area (Å²) in [5.41, 5.74) is 11.1. The maximum Gasteiger partial charge on any atom is 0.119 e. The number of anilines is 1. The summed E-state index contributed by atoms with van der Waals surface area (Å²) in [6, 6.07) is 12.0. The third-order valence-corrected chi connectivity index (χ3v) is 3.28. The Hall–Kier alpha value is -1.96. The number of nitrogen functional groups attached to an aromatic ring is 1. The summed E-state index contributed by atoms with van der Waals surface area (Å²) in [6.07, 6.45) is 1.64. The lowest BCUT2D eigenvalue weighted by Crippen LogP contribution is -1.94. The molecule has 0 heterocycles. The number of hydrogen-bond acceptors (Lipinski definition) is 2. The number of phenolic OH excluding ortho intramolecular Hbond substituents is 1. The zero-order valence-electron chi connectivity index (χ0n) is 10.9. The van der Waals surface area contributed by atoms with E-state index in [2.05, 4.69) is 12.1 Å². The molecule has 0 amide bonds. The Balaban J connectivity index is 2.23. The number of aromatic hydroxyl groups is 1. The van der Waals surface area contributed by atoms with E-state index in [1.165, 1.54) is 5.56 Å². The van der Waals surface area contributed by atoms with Crippen molar-refractivity contribution in [3.63, 3.8) is 0 Å². The summed E-state index contributed by atoms with van der Waals surface area (Å²) in [7, 11) is 0. The van der Waals surface area contributed by atoms with Crippen molar-refractivity contribution in [2.24, 2.45) is 0 Å². The molecule has 0 fully saturated rings. The molecule has 2 nitrogen and oxygen atoms in total. The minimum absolute atomic E-state index is 0.384. The maximum absolute atomic E-state index is 9.84. The van der Waals surface area contributed by atoms with Gasteiger partial charge in [-0.2, -0.15) is 0 Å². The van der Waals surface area contributed by atoms with Crippen LogP contribution >= 0.6 is 0 Å². The van der Waals surface area contributed by atoms with Gasteiger partial charge >= 0.3 is 0 Å². The summed E-state index contributed by atoms with van der Waals surface area (Å²) in [6.45, 7) is 4.04. The first-order valence-electron chi connectivity index (χ1n) is 6.26. The third kappa shape index (κ3) is 2.65. The van der Waals surface area contributed by atoms with E-state index in [1.807, 2.05) is 38.1 Å². The van der Waals surface area contributed by atoms with Gasteiger partial charge in [0.15, 0.2) is 0 Å². The summed E-state index contributed by atoms with van der Waals surface area (Å²) < 4.78 is 0. The van der Waals surface area contributed by atoms with Gasteiger partial charge in [-0.1, -0.05) is 31.2 Å². The SMILES string of the molecule is CCc1ccc(Cc2ccc(C)c(N)c2)cc1O. The molecule has 0 aliphatic heterocycles. The minimum Gasteiger partial charge on any atom is -0.508 e. The lowest BCUT2D eigenvalue weighted by atomic mass is 10.0. The van der Waals surface area contributed by atoms with E-state index in [1.54, 1.807) is 0 Å². The van der Waals surface area contributed by atoms with Gasteiger partial charge in [-0.3, -0.25) is 0 Å². The molecular weight excluding hydrogens is 222 g/mol. The average molecular weight is 241 g/mol. The van der Waals surface area contributed by atoms with E-state index in [0.29, 0.717) is 5.75 Å². The first kappa shape index (κ1) is 12.5. The van der Waals surface area contributed by atoms with Crippen molar-refractivity contribution in [2.45, 2.75) is 26.7 Å². The predicted molar refractivity (Wildman–Crippen MR) is 75.9 cm³/mol. The molecular formula is C16H19NO. The van der Waals surface area contributed by atoms with Crippen LogP contribution in [-0.2, 0) is 12.8 Å². The molecule has 0 saturated heterocycles. The highest BCUT2D eigenvalue weighted by atomic mass is 16.3. The van der Waals surface area contributed by atoms with Crippen LogP contribution in [0, 0.1) is 6.92 Å². The molecule has 0 aromatic heterocycles. The molecule has 18 heavy (non-hydrogen) atoms. The standard InChI is InChI=1S/C16H19NO/c1-3-14-7-6-13(10-16(14)18)8-12-5-4-11(2)15(17)9-12/h4-7,9-10,18H,3,8,17H2,1-2H3. The van der Waals surface area contributed by atoms with Gasteiger partial charge in [0.05, 0.1) is 0 Å². The molecule has 0 aliphatic rings. The fourth-order valence-corrected chi connectivity index (χ4v) is 2.05. The van der Waals surface area contributed by atoms with Crippen LogP contribution in [0.1, 0.15) is 29.2 Å². The van der Waals surface area contributed by atoms with Crippen molar-refractivity contribution >= 4 is 5.69 Å². The highest BCUT2D eigenvalue weighted by Crippen LogP contribution is 2.22. The fourth-order valence-electron chi connectivity index (χ4n) is 2.05. The van der Waals surface area contributed by atoms with E-state index < -0.39 is 0 Å². The molecule has 0 atom stereocenters. The van der Waals surface area contributed by atoms with Crippen molar-refractivity contribution in [2.75, 3.05) is 5.73 Å². The van der Waals surface area contributed by atoms with E-state index in [0.717, 1.165) is 35.2 Å². The number of nitrogens with two attached hydrogens (primary N) is 1. The number of rotatable bonds is 3. The fraction of sp³-hybridized carbons (Fsp3) is 0.250. The van der Waals surface area contributed by atoms with Crippen molar-refractivity contribution in [1.29, 1.82) is 0 Å². The van der Waals surface area contributed by atoms with Gasteiger partial charge in [-0.25, -0.2) is 0 Å². The first-order chi connectivity index (χ1) is 8.60. The molecule has 0 radical (unpaired) electrons. The van der Waals surface area contributed by atoms with Crippen LogP contribution in [0.3, 0.4) is 0 Å². The van der Waals surface area contributed by atoms with Gasteiger partial charge in [-0.05, 0) is 54.2 Å². The number of phenols is 1. The summed E-state index contributed by atoms with van der Waals surface area (Å²) in [5.74, 6) is 0.384. The Morgan fingerprint density at radius 1 is 1.06 bits per heavy atom. The quantitative estimate of drug-likeness (QED) is 0.809. The molecule has 0 bridgehead atoms. The number of hydrogen-bond donors (Lipinski definition) is 2. The zero-order chi connectivity index (χ0) is 13.1. The van der Waals surface area contributed by atoms with Gasteiger partial charge in [0.2, 0.25) is 0 Å². The summed E-state index contributed by atoms with van der Waals surface area (Å²) >= 11 is 0. The van der Waals surface area contributed by atoms with Crippen LogP contribution in [0.2, 0.25) is 0 Å². The molecule has 2 aromatic rings. The van der Waals surface area contributed by atoms with E-state index in [-0.39, 0.29) is 0 Å². The number of benzene rings is 2. The Morgan fingerprint density at radius 2 is 1.72 bits per heavy atom. The van der Waals surface area contributed by atoms with Crippen molar-refractivity contribution < 1.29 is 5.11 Å². The molecule has 0 saturated carbocycles. The predicted octanol–water partition coefficient (Wildman–Crippen LogP) is 3.44. The van der Waals surface area contributed by atoms with Crippen LogP contribution in [0.15, 0.2) is 36.4 Å². The topological polar surface area (TPSA) is 46.2 Å². The molecule has 94 valence electrons. The second kappa shape index (κ2) is 5.13. The van der Waals surface area contributed by atoms with Crippen LogP contribution in [-0.4, -0.2) is 5.11 Å². The highest BCUT2D eigenvalue weighted by molar-refractivity contribution is 5.49.